The SMILES string of the molecule is Cn1cncc(-c2ccc(C3(NC(=O)c4n[nH]c(Cc5c(F)cccc5F)n4)CC3)cc2)c1=O. The zero-order chi connectivity index (χ0) is 23.9. The van der Waals surface area contributed by atoms with Gasteiger partial charge in [0.1, 0.15) is 17.5 Å². The number of rotatable bonds is 6. The monoisotopic (exact) mass is 462 g/mol. The predicted molar refractivity (Wildman–Crippen MR) is 119 cm³/mol. The van der Waals surface area contributed by atoms with Crippen LogP contribution in [0.25, 0.3) is 11.1 Å². The zero-order valence-electron chi connectivity index (χ0n) is 18.2. The topological polar surface area (TPSA) is 106 Å². The summed E-state index contributed by atoms with van der Waals surface area (Å²) in [7, 11) is 1.64. The molecule has 1 fully saturated rings. The number of benzene rings is 2. The van der Waals surface area contributed by atoms with Crippen LogP contribution < -0.4 is 10.9 Å². The molecule has 172 valence electrons. The summed E-state index contributed by atoms with van der Waals surface area (Å²) in [6, 6.07) is 11.0. The van der Waals surface area contributed by atoms with Crippen molar-refractivity contribution >= 4 is 5.91 Å². The van der Waals surface area contributed by atoms with E-state index < -0.39 is 23.1 Å². The van der Waals surface area contributed by atoms with Crippen molar-refractivity contribution in [3.63, 3.8) is 0 Å². The molecule has 0 unspecified atom stereocenters. The Bertz CT molecular complexity index is 1420. The van der Waals surface area contributed by atoms with Crippen LogP contribution in [-0.4, -0.2) is 30.6 Å². The molecule has 0 aliphatic heterocycles. The summed E-state index contributed by atoms with van der Waals surface area (Å²) in [6.07, 6.45) is 4.31. The second kappa shape index (κ2) is 8.29. The summed E-state index contributed by atoms with van der Waals surface area (Å²) in [4.78, 5) is 33.3. The predicted octanol–water partition coefficient (Wildman–Crippen LogP) is 2.85. The molecule has 8 nitrogen and oxygen atoms in total. The summed E-state index contributed by atoms with van der Waals surface area (Å²) in [5.74, 6) is -1.78. The van der Waals surface area contributed by atoms with E-state index in [1.54, 1.807) is 7.05 Å². The smallest absolute Gasteiger partial charge is 0.291 e. The third-order valence-corrected chi connectivity index (χ3v) is 5.99. The average molecular weight is 462 g/mol. The average Bonchev–Trinajstić information content (AvgIpc) is 3.45. The fourth-order valence-electron chi connectivity index (χ4n) is 3.90. The number of aromatic nitrogens is 5. The van der Waals surface area contributed by atoms with Gasteiger partial charge in [0.15, 0.2) is 0 Å². The maximum atomic E-state index is 13.9. The highest BCUT2D eigenvalue weighted by molar-refractivity contribution is 5.91. The molecule has 10 heteroatoms. The standard InChI is InChI=1S/C24H20F2N6O2/c1-32-13-27-12-17(23(32)34)14-5-7-15(8-6-14)24(9-10-24)29-22(33)21-28-20(30-31-21)11-16-18(25)3-2-4-19(16)26/h2-8,12-13H,9-11H2,1H3,(H,29,33)(H,28,30,31). The van der Waals surface area contributed by atoms with Crippen molar-refractivity contribution in [3.8, 4) is 11.1 Å². The Hall–Kier alpha value is -4.21. The number of amides is 1. The molecule has 2 N–H and O–H groups in total. The lowest BCUT2D eigenvalue weighted by atomic mass is 10.0. The van der Waals surface area contributed by atoms with E-state index >= 15 is 0 Å². The lowest BCUT2D eigenvalue weighted by Gasteiger charge is -2.17. The fraction of sp³-hybridized carbons (Fsp3) is 0.208. The first-order chi connectivity index (χ1) is 16.4. The van der Waals surface area contributed by atoms with Crippen LogP contribution in [0.4, 0.5) is 8.78 Å². The summed E-state index contributed by atoms with van der Waals surface area (Å²) >= 11 is 0. The highest BCUT2D eigenvalue weighted by atomic mass is 19.1. The molecule has 1 aliphatic carbocycles. The number of H-pyrrole nitrogens is 1. The normalized spacial score (nSPS) is 14.1. The molecule has 2 aromatic carbocycles. The molecule has 4 aromatic rings. The van der Waals surface area contributed by atoms with Crippen LogP contribution in [0.1, 0.15) is 40.4 Å². The van der Waals surface area contributed by atoms with Gasteiger partial charge in [-0.15, -0.1) is 5.10 Å². The molecule has 0 saturated heterocycles. The fourth-order valence-corrected chi connectivity index (χ4v) is 3.90. The van der Waals surface area contributed by atoms with Gasteiger partial charge < -0.3 is 9.88 Å². The molecule has 0 bridgehead atoms. The summed E-state index contributed by atoms with van der Waals surface area (Å²) in [6.45, 7) is 0. The number of nitrogens with one attached hydrogen (secondary N) is 2. The Morgan fingerprint density at radius 2 is 1.85 bits per heavy atom. The van der Waals surface area contributed by atoms with Gasteiger partial charge in [-0.1, -0.05) is 30.3 Å². The van der Waals surface area contributed by atoms with Crippen molar-refractivity contribution in [2.75, 3.05) is 0 Å². The second-order valence-corrected chi connectivity index (χ2v) is 8.32. The first-order valence-electron chi connectivity index (χ1n) is 10.6. The molecular formula is C24H20F2N6O2. The Morgan fingerprint density at radius 3 is 2.53 bits per heavy atom. The number of aromatic amines is 1. The van der Waals surface area contributed by atoms with E-state index in [1.165, 1.54) is 23.2 Å². The van der Waals surface area contributed by atoms with Crippen LogP contribution >= 0.6 is 0 Å². The molecule has 34 heavy (non-hydrogen) atoms. The summed E-state index contributed by atoms with van der Waals surface area (Å²) in [5.41, 5.74) is 1.28. The van der Waals surface area contributed by atoms with E-state index in [2.05, 4.69) is 25.5 Å². The third kappa shape index (κ3) is 3.98. The molecule has 0 radical (unpaired) electrons. The number of carbonyl (C=O) groups excluding carboxylic acids is 1. The minimum Gasteiger partial charge on any atom is -0.340 e. The molecule has 2 heterocycles. The third-order valence-electron chi connectivity index (χ3n) is 5.99. The van der Waals surface area contributed by atoms with Crippen molar-refractivity contribution < 1.29 is 13.6 Å². The van der Waals surface area contributed by atoms with Crippen molar-refractivity contribution in [3.05, 3.63) is 99.8 Å². The van der Waals surface area contributed by atoms with Crippen molar-refractivity contribution in [2.24, 2.45) is 7.05 Å². The summed E-state index contributed by atoms with van der Waals surface area (Å²) in [5, 5.41) is 9.46. The Morgan fingerprint density at radius 1 is 1.15 bits per heavy atom. The van der Waals surface area contributed by atoms with Crippen LogP contribution in [0.2, 0.25) is 0 Å². The van der Waals surface area contributed by atoms with E-state index in [-0.39, 0.29) is 29.2 Å². The van der Waals surface area contributed by atoms with Gasteiger partial charge in [0.05, 0.1) is 17.4 Å². The number of halogens is 2. The lowest BCUT2D eigenvalue weighted by molar-refractivity contribution is 0.0920. The van der Waals surface area contributed by atoms with E-state index in [0.29, 0.717) is 5.56 Å². The van der Waals surface area contributed by atoms with Crippen LogP contribution in [-0.2, 0) is 19.0 Å². The largest absolute Gasteiger partial charge is 0.340 e. The molecule has 0 spiro atoms. The highest BCUT2D eigenvalue weighted by Crippen LogP contribution is 2.45. The molecule has 1 aliphatic rings. The molecule has 0 atom stereocenters. The number of hydrogen-bond acceptors (Lipinski definition) is 5. The van der Waals surface area contributed by atoms with Crippen molar-refractivity contribution in [1.29, 1.82) is 0 Å². The van der Waals surface area contributed by atoms with Gasteiger partial charge in [0.2, 0.25) is 5.82 Å². The van der Waals surface area contributed by atoms with E-state index in [9.17, 15) is 18.4 Å². The van der Waals surface area contributed by atoms with Gasteiger partial charge in [-0.25, -0.2) is 18.7 Å². The van der Waals surface area contributed by atoms with Crippen molar-refractivity contribution in [2.45, 2.75) is 24.8 Å². The maximum Gasteiger partial charge on any atom is 0.291 e. The van der Waals surface area contributed by atoms with E-state index in [1.807, 2.05) is 24.3 Å². The zero-order valence-corrected chi connectivity index (χ0v) is 18.2. The Labute approximate surface area is 192 Å². The molecule has 5 rings (SSSR count). The van der Waals surface area contributed by atoms with Gasteiger partial charge in [0.25, 0.3) is 11.5 Å². The first-order valence-corrected chi connectivity index (χ1v) is 10.6. The molecular weight excluding hydrogens is 442 g/mol. The number of carbonyl (C=O) groups is 1. The van der Waals surface area contributed by atoms with Crippen LogP contribution in [0.15, 0.2) is 59.8 Å². The molecule has 2 aromatic heterocycles. The van der Waals surface area contributed by atoms with Gasteiger partial charge in [-0.2, -0.15) is 0 Å². The van der Waals surface area contributed by atoms with Crippen LogP contribution in [0.3, 0.4) is 0 Å². The van der Waals surface area contributed by atoms with Crippen LogP contribution in [0.5, 0.6) is 0 Å². The second-order valence-electron chi connectivity index (χ2n) is 8.32. The van der Waals surface area contributed by atoms with Gasteiger partial charge >= 0.3 is 0 Å². The van der Waals surface area contributed by atoms with Crippen molar-refractivity contribution in [1.82, 2.24) is 30.0 Å². The number of hydrogen-bond donors (Lipinski definition) is 2. The molecule has 1 saturated carbocycles. The number of aryl methyl sites for hydroxylation is 1. The van der Waals surface area contributed by atoms with E-state index in [4.69, 9.17) is 0 Å². The minimum atomic E-state index is -0.688. The van der Waals surface area contributed by atoms with Gasteiger partial charge in [-0.3, -0.25) is 14.7 Å². The van der Waals surface area contributed by atoms with Gasteiger partial charge in [0, 0.05) is 25.2 Å². The quantitative estimate of drug-likeness (QED) is 0.459. The lowest BCUT2D eigenvalue weighted by Crippen LogP contribution is -2.35. The maximum absolute atomic E-state index is 13.9. The minimum absolute atomic E-state index is 0.103. The Balaban J connectivity index is 1.31. The van der Waals surface area contributed by atoms with E-state index in [0.717, 1.165) is 36.1 Å². The molecule has 1 amide bonds. The number of nitrogens with zero attached hydrogens (tertiary/aromatic N) is 4. The van der Waals surface area contributed by atoms with Gasteiger partial charge in [-0.05, 0) is 36.1 Å². The first kappa shape index (κ1) is 21.6. The van der Waals surface area contributed by atoms with Crippen LogP contribution in [0, 0.1) is 11.6 Å². The highest BCUT2D eigenvalue weighted by Gasteiger charge is 2.46. The summed E-state index contributed by atoms with van der Waals surface area (Å²) < 4.78 is 29.2. The Kier molecular flexibility index (Phi) is 5.27.